The van der Waals surface area contributed by atoms with E-state index in [-0.39, 0.29) is 5.38 Å². The van der Waals surface area contributed by atoms with Gasteiger partial charge in [-0.3, -0.25) is 0 Å². The van der Waals surface area contributed by atoms with Crippen molar-refractivity contribution in [2.45, 2.75) is 40.0 Å². The summed E-state index contributed by atoms with van der Waals surface area (Å²) >= 11 is 19.2. The highest BCUT2D eigenvalue weighted by atomic mass is 35.5. The fourth-order valence-electron chi connectivity index (χ4n) is 2.78. The van der Waals surface area contributed by atoms with Crippen LogP contribution in [0.5, 0.6) is 0 Å². The van der Waals surface area contributed by atoms with E-state index in [1.807, 2.05) is 12.1 Å². The number of hydrogen-bond acceptors (Lipinski definition) is 0. The van der Waals surface area contributed by atoms with Gasteiger partial charge in [-0.15, -0.1) is 11.6 Å². The van der Waals surface area contributed by atoms with Crippen molar-refractivity contribution in [3.63, 3.8) is 0 Å². The van der Waals surface area contributed by atoms with Crippen LogP contribution in [0.4, 0.5) is 0 Å². The van der Waals surface area contributed by atoms with Gasteiger partial charge in [-0.25, -0.2) is 0 Å². The Kier molecular flexibility index (Phi) is 4.92. The normalized spacial score (nSPS) is 12.6. The van der Waals surface area contributed by atoms with Crippen LogP contribution in [0.2, 0.25) is 10.0 Å². The zero-order valence-electron chi connectivity index (χ0n) is 12.9. The summed E-state index contributed by atoms with van der Waals surface area (Å²) in [5, 5.41) is 0.777. The first-order valence-corrected chi connectivity index (χ1v) is 8.11. The molecule has 0 nitrogen and oxygen atoms in total. The molecule has 0 saturated heterocycles. The van der Waals surface area contributed by atoms with Gasteiger partial charge in [-0.05, 0) is 79.6 Å². The Hall–Kier alpha value is -0.690. The lowest BCUT2D eigenvalue weighted by molar-refractivity contribution is 1.04. The highest BCUT2D eigenvalue weighted by Crippen LogP contribution is 2.41. The van der Waals surface area contributed by atoms with Crippen LogP contribution in [-0.2, 0) is 0 Å². The molecule has 0 aliphatic carbocycles. The Labute approximate surface area is 142 Å². The molecule has 0 aliphatic rings. The van der Waals surface area contributed by atoms with E-state index in [1.165, 1.54) is 27.8 Å². The van der Waals surface area contributed by atoms with Crippen LogP contribution in [0, 0.1) is 34.6 Å². The van der Waals surface area contributed by atoms with Crippen LogP contribution in [0.25, 0.3) is 0 Å². The molecule has 0 heterocycles. The van der Waals surface area contributed by atoms with Gasteiger partial charge in [-0.2, -0.15) is 0 Å². The number of alkyl halides is 1. The lowest BCUT2D eigenvalue weighted by atomic mass is 9.86. The van der Waals surface area contributed by atoms with E-state index in [0.717, 1.165) is 11.1 Å². The molecule has 0 spiro atoms. The predicted molar refractivity (Wildman–Crippen MR) is 94.3 cm³/mol. The molecule has 21 heavy (non-hydrogen) atoms. The van der Waals surface area contributed by atoms with Gasteiger partial charge in [-0.1, -0.05) is 35.3 Å². The molecule has 2 aromatic rings. The summed E-state index contributed by atoms with van der Waals surface area (Å²) in [5.41, 5.74) is 8.36. The van der Waals surface area contributed by atoms with Crippen LogP contribution >= 0.6 is 34.8 Å². The maximum Gasteiger partial charge on any atom is 0.0855 e. The van der Waals surface area contributed by atoms with Gasteiger partial charge in [0.1, 0.15) is 0 Å². The summed E-state index contributed by atoms with van der Waals surface area (Å²) in [6.45, 7) is 10.7. The minimum absolute atomic E-state index is 0.297. The lowest BCUT2D eigenvalue weighted by Gasteiger charge is -2.23. The molecule has 0 fully saturated rings. The Bertz CT molecular complexity index is 673. The molecule has 0 aromatic heterocycles. The Morgan fingerprint density at radius 2 is 1.24 bits per heavy atom. The van der Waals surface area contributed by atoms with Crippen LogP contribution in [0.15, 0.2) is 18.2 Å². The molecule has 0 saturated carbocycles. The average Bonchev–Trinajstić information content (AvgIpc) is 2.46. The third kappa shape index (κ3) is 2.82. The minimum atomic E-state index is -0.297. The fraction of sp³-hybridized carbons (Fsp3) is 0.333. The van der Waals surface area contributed by atoms with Crippen molar-refractivity contribution in [3.8, 4) is 0 Å². The number of benzene rings is 2. The van der Waals surface area contributed by atoms with Gasteiger partial charge >= 0.3 is 0 Å². The van der Waals surface area contributed by atoms with Crippen molar-refractivity contribution in [2.75, 3.05) is 0 Å². The SMILES string of the molecule is Cc1c(C)c(C)c(C(Cl)c2cccc(Cl)c2Cl)c(C)c1C. The van der Waals surface area contributed by atoms with Crippen LogP contribution in [0.3, 0.4) is 0 Å². The number of hydrogen-bond donors (Lipinski definition) is 0. The second-order valence-corrected chi connectivity index (χ2v) is 6.77. The van der Waals surface area contributed by atoms with Crippen molar-refractivity contribution < 1.29 is 0 Å². The topological polar surface area (TPSA) is 0 Å². The molecule has 3 heteroatoms. The fourth-order valence-corrected chi connectivity index (χ4v) is 3.76. The molecule has 0 N–H and O–H groups in total. The number of halogens is 3. The third-order valence-electron chi connectivity index (χ3n) is 4.57. The molecule has 1 atom stereocenters. The largest absolute Gasteiger partial charge is 0.113 e. The molecule has 112 valence electrons. The maximum atomic E-state index is 6.77. The first-order valence-electron chi connectivity index (χ1n) is 6.92. The van der Waals surface area contributed by atoms with Gasteiger partial charge in [0.25, 0.3) is 0 Å². The Morgan fingerprint density at radius 3 is 1.76 bits per heavy atom. The van der Waals surface area contributed by atoms with E-state index in [2.05, 4.69) is 34.6 Å². The molecule has 0 bridgehead atoms. The van der Waals surface area contributed by atoms with E-state index in [0.29, 0.717) is 10.0 Å². The first kappa shape index (κ1) is 16.7. The van der Waals surface area contributed by atoms with E-state index in [4.69, 9.17) is 34.8 Å². The van der Waals surface area contributed by atoms with Gasteiger partial charge in [0.2, 0.25) is 0 Å². The summed E-state index contributed by atoms with van der Waals surface area (Å²) in [6, 6.07) is 5.61. The van der Waals surface area contributed by atoms with Crippen molar-refractivity contribution >= 4 is 34.8 Å². The highest BCUT2D eigenvalue weighted by Gasteiger charge is 2.22. The van der Waals surface area contributed by atoms with Gasteiger partial charge < -0.3 is 0 Å². The summed E-state index contributed by atoms with van der Waals surface area (Å²) in [6.07, 6.45) is 0. The minimum Gasteiger partial charge on any atom is -0.113 e. The van der Waals surface area contributed by atoms with Gasteiger partial charge in [0, 0.05) is 0 Å². The molecule has 0 radical (unpaired) electrons. The van der Waals surface area contributed by atoms with Crippen molar-refractivity contribution in [3.05, 3.63) is 67.2 Å². The van der Waals surface area contributed by atoms with Crippen LogP contribution < -0.4 is 0 Å². The zero-order valence-corrected chi connectivity index (χ0v) is 15.2. The monoisotopic (exact) mass is 340 g/mol. The maximum absolute atomic E-state index is 6.77. The third-order valence-corrected chi connectivity index (χ3v) is 5.85. The van der Waals surface area contributed by atoms with Crippen molar-refractivity contribution in [1.82, 2.24) is 0 Å². The average molecular weight is 342 g/mol. The molecular formula is C18H19Cl3. The van der Waals surface area contributed by atoms with Gasteiger partial charge in [0.05, 0.1) is 15.4 Å². The first-order chi connectivity index (χ1) is 9.77. The molecule has 0 aliphatic heterocycles. The van der Waals surface area contributed by atoms with E-state index in [1.54, 1.807) is 6.07 Å². The summed E-state index contributed by atoms with van der Waals surface area (Å²) in [5.74, 6) is 0. The van der Waals surface area contributed by atoms with Crippen molar-refractivity contribution in [2.24, 2.45) is 0 Å². The van der Waals surface area contributed by atoms with Crippen LogP contribution in [-0.4, -0.2) is 0 Å². The molecule has 2 aromatic carbocycles. The van der Waals surface area contributed by atoms with Gasteiger partial charge in [0.15, 0.2) is 0 Å². The zero-order chi connectivity index (χ0) is 15.9. The predicted octanol–water partition coefficient (Wildman–Crippen LogP) is 6.86. The second-order valence-electron chi connectivity index (χ2n) is 5.54. The van der Waals surface area contributed by atoms with Crippen molar-refractivity contribution in [1.29, 1.82) is 0 Å². The van der Waals surface area contributed by atoms with Crippen LogP contribution in [0.1, 0.15) is 44.3 Å². The quantitative estimate of drug-likeness (QED) is 0.523. The lowest BCUT2D eigenvalue weighted by Crippen LogP contribution is -2.06. The second kappa shape index (κ2) is 6.20. The molecular weight excluding hydrogens is 323 g/mol. The summed E-state index contributed by atoms with van der Waals surface area (Å²) < 4.78 is 0. The molecule has 1 unspecified atom stereocenters. The highest BCUT2D eigenvalue weighted by molar-refractivity contribution is 6.43. The Balaban J connectivity index is 2.70. The van der Waals surface area contributed by atoms with E-state index in [9.17, 15) is 0 Å². The summed E-state index contributed by atoms with van der Waals surface area (Å²) in [4.78, 5) is 0. The van der Waals surface area contributed by atoms with E-state index >= 15 is 0 Å². The molecule has 0 amide bonds. The summed E-state index contributed by atoms with van der Waals surface area (Å²) in [7, 11) is 0. The van der Waals surface area contributed by atoms with E-state index < -0.39 is 0 Å². The molecule has 2 rings (SSSR count). The smallest absolute Gasteiger partial charge is 0.0855 e. The number of rotatable bonds is 2. The Morgan fingerprint density at radius 1 is 0.762 bits per heavy atom. The standard InChI is InChI=1S/C18H19Cl3/c1-9-10(2)12(4)16(13(5)11(9)3)18(21)14-7-6-8-15(19)17(14)20/h6-8,18H,1-5H3.